The Morgan fingerprint density at radius 3 is 2.27 bits per heavy atom. The van der Waals surface area contributed by atoms with Gasteiger partial charge < -0.3 is 4.74 Å². The van der Waals surface area contributed by atoms with E-state index in [0.717, 1.165) is 32.3 Å². The molecule has 0 aromatic carbocycles. The molecule has 1 unspecified atom stereocenters. The number of hydrogen-bond acceptors (Lipinski definition) is 3. The SMILES string of the molecule is CC(C)(C)N1CCC(N2CCOCC2)C1. The van der Waals surface area contributed by atoms with E-state index in [1.165, 1.54) is 19.5 Å². The Bertz CT molecular complexity index is 206. The van der Waals surface area contributed by atoms with Gasteiger partial charge in [0, 0.05) is 37.8 Å². The van der Waals surface area contributed by atoms with Gasteiger partial charge in [-0.05, 0) is 27.2 Å². The van der Waals surface area contributed by atoms with Crippen LogP contribution in [0.4, 0.5) is 0 Å². The van der Waals surface area contributed by atoms with Crippen molar-refractivity contribution in [3.05, 3.63) is 0 Å². The van der Waals surface area contributed by atoms with Crippen LogP contribution in [0.2, 0.25) is 0 Å². The summed E-state index contributed by atoms with van der Waals surface area (Å²) in [5.74, 6) is 0. The number of rotatable bonds is 1. The normalized spacial score (nSPS) is 31.0. The molecule has 0 aliphatic carbocycles. The van der Waals surface area contributed by atoms with E-state index < -0.39 is 0 Å². The maximum absolute atomic E-state index is 5.40. The molecule has 2 aliphatic rings. The first-order chi connectivity index (χ1) is 7.07. The van der Waals surface area contributed by atoms with Crippen molar-refractivity contribution in [1.29, 1.82) is 0 Å². The lowest BCUT2D eigenvalue weighted by Gasteiger charge is -2.35. The van der Waals surface area contributed by atoms with Crippen molar-refractivity contribution in [2.75, 3.05) is 39.4 Å². The van der Waals surface area contributed by atoms with E-state index >= 15 is 0 Å². The summed E-state index contributed by atoms with van der Waals surface area (Å²) >= 11 is 0. The lowest BCUT2D eigenvalue weighted by Crippen LogP contribution is -2.47. The smallest absolute Gasteiger partial charge is 0.0594 e. The maximum atomic E-state index is 5.40. The zero-order chi connectivity index (χ0) is 10.9. The molecule has 2 saturated heterocycles. The standard InChI is InChI=1S/C12H24N2O/c1-12(2,3)14-5-4-11(10-14)13-6-8-15-9-7-13/h11H,4-10H2,1-3H3. The number of nitrogens with zero attached hydrogens (tertiary/aromatic N) is 2. The predicted molar refractivity (Wildman–Crippen MR) is 62.1 cm³/mol. The highest BCUT2D eigenvalue weighted by atomic mass is 16.5. The maximum Gasteiger partial charge on any atom is 0.0594 e. The van der Waals surface area contributed by atoms with E-state index in [1.54, 1.807) is 0 Å². The highest BCUT2D eigenvalue weighted by molar-refractivity contribution is 4.89. The molecule has 3 heteroatoms. The Morgan fingerprint density at radius 1 is 1.07 bits per heavy atom. The van der Waals surface area contributed by atoms with Crippen LogP contribution in [0.25, 0.3) is 0 Å². The molecular weight excluding hydrogens is 188 g/mol. The highest BCUT2D eigenvalue weighted by Gasteiger charge is 2.33. The van der Waals surface area contributed by atoms with Gasteiger partial charge in [0.25, 0.3) is 0 Å². The third-order valence-corrected chi connectivity index (χ3v) is 3.67. The number of hydrogen-bond donors (Lipinski definition) is 0. The molecule has 0 saturated carbocycles. The molecule has 0 amide bonds. The fourth-order valence-corrected chi connectivity index (χ4v) is 2.59. The Kier molecular flexibility index (Phi) is 3.33. The molecule has 2 heterocycles. The molecule has 0 N–H and O–H groups in total. The van der Waals surface area contributed by atoms with Crippen molar-refractivity contribution in [1.82, 2.24) is 9.80 Å². The van der Waals surface area contributed by atoms with E-state index in [1.807, 2.05) is 0 Å². The third kappa shape index (κ3) is 2.71. The van der Waals surface area contributed by atoms with E-state index in [2.05, 4.69) is 30.6 Å². The highest BCUT2D eigenvalue weighted by Crippen LogP contribution is 2.23. The minimum Gasteiger partial charge on any atom is -0.379 e. The average Bonchev–Trinajstić information content (AvgIpc) is 2.67. The van der Waals surface area contributed by atoms with Gasteiger partial charge in [0.1, 0.15) is 0 Å². The van der Waals surface area contributed by atoms with Crippen LogP contribution in [0.1, 0.15) is 27.2 Å². The summed E-state index contributed by atoms with van der Waals surface area (Å²) in [5.41, 5.74) is 0.334. The summed E-state index contributed by atoms with van der Waals surface area (Å²) < 4.78 is 5.40. The summed E-state index contributed by atoms with van der Waals surface area (Å²) in [6.07, 6.45) is 1.33. The first-order valence-corrected chi connectivity index (χ1v) is 6.14. The number of ether oxygens (including phenoxy) is 1. The summed E-state index contributed by atoms with van der Waals surface area (Å²) in [4.78, 5) is 5.21. The first kappa shape index (κ1) is 11.4. The van der Waals surface area contributed by atoms with Crippen LogP contribution in [-0.4, -0.2) is 60.8 Å². The van der Waals surface area contributed by atoms with Gasteiger partial charge in [-0.25, -0.2) is 0 Å². The molecule has 88 valence electrons. The summed E-state index contributed by atoms with van der Waals surface area (Å²) in [6.45, 7) is 13.5. The van der Waals surface area contributed by atoms with Crippen LogP contribution in [0.15, 0.2) is 0 Å². The minimum absolute atomic E-state index is 0.334. The fraction of sp³-hybridized carbons (Fsp3) is 1.00. The van der Waals surface area contributed by atoms with E-state index in [4.69, 9.17) is 4.74 Å². The monoisotopic (exact) mass is 212 g/mol. The van der Waals surface area contributed by atoms with Crippen molar-refractivity contribution in [2.45, 2.75) is 38.8 Å². The van der Waals surface area contributed by atoms with Crippen LogP contribution in [0, 0.1) is 0 Å². The molecule has 15 heavy (non-hydrogen) atoms. The second-order valence-corrected chi connectivity index (χ2v) is 5.71. The van der Waals surface area contributed by atoms with Gasteiger partial charge in [-0.15, -0.1) is 0 Å². The molecule has 0 spiro atoms. The summed E-state index contributed by atoms with van der Waals surface area (Å²) in [7, 11) is 0. The van der Waals surface area contributed by atoms with Gasteiger partial charge in [-0.1, -0.05) is 0 Å². The second-order valence-electron chi connectivity index (χ2n) is 5.71. The molecular formula is C12H24N2O. The lowest BCUT2D eigenvalue weighted by atomic mass is 10.1. The summed E-state index contributed by atoms with van der Waals surface area (Å²) in [6, 6.07) is 0.771. The van der Waals surface area contributed by atoms with Gasteiger partial charge >= 0.3 is 0 Å². The third-order valence-electron chi connectivity index (χ3n) is 3.67. The van der Waals surface area contributed by atoms with Gasteiger partial charge in [-0.3, -0.25) is 9.80 Å². The molecule has 0 aromatic rings. The van der Waals surface area contributed by atoms with Crippen molar-refractivity contribution < 1.29 is 4.74 Å². The number of morpholine rings is 1. The predicted octanol–water partition coefficient (Wildman–Crippen LogP) is 1.19. The zero-order valence-corrected chi connectivity index (χ0v) is 10.3. The lowest BCUT2D eigenvalue weighted by molar-refractivity contribution is 0.0163. The molecule has 1 atom stereocenters. The molecule has 0 aromatic heterocycles. The fourth-order valence-electron chi connectivity index (χ4n) is 2.59. The largest absolute Gasteiger partial charge is 0.379 e. The Hall–Kier alpha value is -0.120. The second kappa shape index (κ2) is 4.40. The van der Waals surface area contributed by atoms with Crippen molar-refractivity contribution in [3.8, 4) is 0 Å². The van der Waals surface area contributed by atoms with Crippen LogP contribution >= 0.6 is 0 Å². The molecule has 3 nitrogen and oxygen atoms in total. The number of likely N-dealkylation sites (tertiary alicyclic amines) is 1. The molecule has 0 radical (unpaired) electrons. The van der Waals surface area contributed by atoms with Gasteiger partial charge in [0.15, 0.2) is 0 Å². The van der Waals surface area contributed by atoms with E-state index in [-0.39, 0.29) is 0 Å². The molecule has 2 fully saturated rings. The van der Waals surface area contributed by atoms with E-state index in [0.29, 0.717) is 5.54 Å². The Labute approximate surface area is 93.4 Å². The van der Waals surface area contributed by atoms with E-state index in [9.17, 15) is 0 Å². The average molecular weight is 212 g/mol. The minimum atomic E-state index is 0.334. The molecule has 2 aliphatic heterocycles. The van der Waals surface area contributed by atoms with Crippen molar-refractivity contribution >= 4 is 0 Å². The van der Waals surface area contributed by atoms with Crippen molar-refractivity contribution in [3.63, 3.8) is 0 Å². The van der Waals surface area contributed by atoms with Crippen LogP contribution in [0.3, 0.4) is 0 Å². The Balaban J connectivity index is 1.86. The van der Waals surface area contributed by atoms with Gasteiger partial charge in [0.05, 0.1) is 13.2 Å². The van der Waals surface area contributed by atoms with Gasteiger partial charge in [-0.2, -0.15) is 0 Å². The molecule has 0 bridgehead atoms. The zero-order valence-electron chi connectivity index (χ0n) is 10.3. The van der Waals surface area contributed by atoms with Crippen LogP contribution in [-0.2, 0) is 4.74 Å². The quantitative estimate of drug-likeness (QED) is 0.649. The Morgan fingerprint density at radius 2 is 1.73 bits per heavy atom. The van der Waals surface area contributed by atoms with Crippen LogP contribution < -0.4 is 0 Å². The topological polar surface area (TPSA) is 15.7 Å². The van der Waals surface area contributed by atoms with Gasteiger partial charge in [0.2, 0.25) is 0 Å². The van der Waals surface area contributed by atoms with Crippen molar-refractivity contribution in [2.24, 2.45) is 0 Å². The summed E-state index contributed by atoms with van der Waals surface area (Å²) in [5, 5.41) is 0. The van der Waals surface area contributed by atoms with Crippen LogP contribution in [0.5, 0.6) is 0 Å². The molecule has 2 rings (SSSR count). The first-order valence-electron chi connectivity index (χ1n) is 6.14.